The zero-order chi connectivity index (χ0) is 20.3. The third-order valence-corrected chi connectivity index (χ3v) is 8.25. The van der Waals surface area contributed by atoms with E-state index in [1.54, 1.807) is 0 Å². The number of carbonyl (C=O) groups excluding carboxylic acids is 1. The summed E-state index contributed by atoms with van der Waals surface area (Å²) in [5.74, 6) is 0.120. The van der Waals surface area contributed by atoms with Crippen LogP contribution in [0.5, 0.6) is 0 Å². The van der Waals surface area contributed by atoms with Crippen LogP contribution < -0.4 is 5.32 Å². The van der Waals surface area contributed by atoms with Gasteiger partial charge in [-0.2, -0.15) is 4.31 Å². The molecule has 0 bridgehead atoms. The number of sulfonamides is 1. The molecule has 2 aliphatic rings. The van der Waals surface area contributed by atoms with Gasteiger partial charge in [-0.1, -0.05) is 38.3 Å². The van der Waals surface area contributed by atoms with Gasteiger partial charge in [0.05, 0.1) is 15.5 Å². The van der Waals surface area contributed by atoms with E-state index >= 15 is 0 Å². The molecule has 3 rings (SSSR count). The van der Waals surface area contributed by atoms with Gasteiger partial charge in [-0.05, 0) is 43.5 Å². The average Bonchev–Trinajstić information content (AvgIpc) is 2.70. The summed E-state index contributed by atoms with van der Waals surface area (Å²) < 4.78 is 27.6. The fourth-order valence-electron chi connectivity index (χ4n) is 4.05. The molecular weight excluding hydrogens is 398 g/mol. The molecule has 1 amide bonds. The Hall–Kier alpha value is -1.15. The first-order valence-electron chi connectivity index (χ1n) is 10.2. The molecule has 2 atom stereocenters. The molecule has 1 heterocycles. The number of halogens is 1. The van der Waals surface area contributed by atoms with Crippen molar-refractivity contribution in [3.63, 3.8) is 0 Å². The first kappa shape index (κ1) is 21.6. The minimum absolute atomic E-state index is 0.111. The minimum Gasteiger partial charge on any atom is -0.349 e. The number of hydrogen-bond donors (Lipinski definition) is 1. The molecule has 0 spiro atoms. The van der Waals surface area contributed by atoms with Crippen LogP contribution in [0, 0.1) is 5.92 Å². The first-order valence-corrected chi connectivity index (χ1v) is 12.0. The maximum Gasteiger partial charge on any atom is 0.253 e. The summed E-state index contributed by atoms with van der Waals surface area (Å²) in [7, 11) is -3.64. The van der Waals surface area contributed by atoms with E-state index in [0.717, 1.165) is 38.9 Å². The van der Waals surface area contributed by atoms with Crippen molar-refractivity contribution in [1.29, 1.82) is 0 Å². The van der Waals surface area contributed by atoms with Gasteiger partial charge in [-0.15, -0.1) is 0 Å². The molecule has 1 aromatic rings. The Morgan fingerprint density at radius 3 is 2.50 bits per heavy atom. The third-order valence-electron chi connectivity index (χ3n) is 6.03. The van der Waals surface area contributed by atoms with Crippen molar-refractivity contribution in [3.8, 4) is 0 Å². The molecule has 6 nitrogen and oxygen atoms in total. The zero-order valence-electron chi connectivity index (χ0n) is 16.7. The minimum atomic E-state index is -3.64. The number of amides is 1. The maximum absolute atomic E-state index is 13.0. The molecule has 1 saturated carbocycles. The van der Waals surface area contributed by atoms with Crippen LogP contribution in [-0.2, 0) is 10.0 Å². The standard InChI is InChI=1S/C20H30ClN3O3S/c1-3-23-10-12-24(13-11-23)28(26,27)16-8-9-18(21)17(14-16)20(25)22-19-7-5-4-6-15(19)2/h8-9,14-15,19H,3-7,10-13H2,1-2H3,(H,22,25)/t15-,19+/m0/s1. The van der Waals surface area contributed by atoms with E-state index in [4.69, 9.17) is 11.6 Å². The van der Waals surface area contributed by atoms with Gasteiger partial charge in [0, 0.05) is 32.2 Å². The van der Waals surface area contributed by atoms with Gasteiger partial charge >= 0.3 is 0 Å². The second-order valence-electron chi connectivity index (χ2n) is 7.82. The van der Waals surface area contributed by atoms with Crippen molar-refractivity contribution in [3.05, 3.63) is 28.8 Å². The molecule has 1 aliphatic heterocycles. The number of benzene rings is 1. The number of hydrogen-bond acceptors (Lipinski definition) is 4. The van der Waals surface area contributed by atoms with Gasteiger partial charge in [0.1, 0.15) is 0 Å². The lowest BCUT2D eigenvalue weighted by molar-refractivity contribution is 0.0910. The molecule has 8 heteroatoms. The number of carbonyl (C=O) groups is 1. The van der Waals surface area contributed by atoms with Crippen LogP contribution in [0.15, 0.2) is 23.1 Å². The second-order valence-corrected chi connectivity index (χ2v) is 10.2. The highest BCUT2D eigenvalue weighted by Crippen LogP contribution is 2.27. The summed E-state index contributed by atoms with van der Waals surface area (Å²) in [5.41, 5.74) is 0.229. The Bertz CT molecular complexity index is 807. The highest BCUT2D eigenvalue weighted by molar-refractivity contribution is 7.89. The third kappa shape index (κ3) is 4.70. The predicted octanol–water partition coefficient (Wildman–Crippen LogP) is 2.97. The number of nitrogens with one attached hydrogen (secondary N) is 1. The van der Waals surface area contributed by atoms with Crippen molar-refractivity contribution >= 4 is 27.5 Å². The number of piperazine rings is 1. The van der Waals surface area contributed by atoms with Gasteiger partial charge in [0.15, 0.2) is 0 Å². The lowest BCUT2D eigenvalue weighted by Crippen LogP contribution is -2.48. The molecule has 1 aromatic carbocycles. The monoisotopic (exact) mass is 427 g/mol. The molecular formula is C20H30ClN3O3S. The van der Waals surface area contributed by atoms with Crippen molar-refractivity contribution in [2.45, 2.75) is 50.5 Å². The largest absolute Gasteiger partial charge is 0.349 e. The van der Waals surface area contributed by atoms with Crippen LogP contribution in [-0.4, -0.2) is 62.3 Å². The van der Waals surface area contributed by atoms with Gasteiger partial charge < -0.3 is 10.2 Å². The SMILES string of the molecule is CCN1CCN(S(=O)(=O)c2ccc(Cl)c(C(=O)N[C@@H]3CCCC[C@@H]3C)c2)CC1. The van der Waals surface area contributed by atoms with Crippen molar-refractivity contribution < 1.29 is 13.2 Å². The van der Waals surface area contributed by atoms with Crippen LogP contribution >= 0.6 is 11.6 Å². The Kier molecular flexibility index (Phi) is 7.02. The first-order chi connectivity index (χ1) is 13.3. The second kappa shape index (κ2) is 9.11. The maximum atomic E-state index is 13.0. The van der Waals surface area contributed by atoms with Crippen LogP contribution in [0.25, 0.3) is 0 Å². The van der Waals surface area contributed by atoms with E-state index in [1.165, 1.54) is 28.9 Å². The summed E-state index contributed by atoms with van der Waals surface area (Å²) in [6, 6.07) is 4.53. The molecule has 1 saturated heterocycles. The van der Waals surface area contributed by atoms with Crippen molar-refractivity contribution in [2.24, 2.45) is 5.92 Å². The molecule has 1 N–H and O–H groups in total. The van der Waals surface area contributed by atoms with Crippen LogP contribution in [0.4, 0.5) is 0 Å². The van der Waals surface area contributed by atoms with E-state index in [1.807, 2.05) is 0 Å². The highest BCUT2D eigenvalue weighted by atomic mass is 35.5. The number of rotatable bonds is 5. The molecule has 0 unspecified atom stereocenters. The molecule has 1 aliphatic carbocycles. The fraction of sp³-hybridized carbons (Fsp3) is 0.650. The Morgan fingerprint density at radius 1 is 1.18 bits per heavy atom. The van der Waals surface area contributed by atoms with Gasteiger partial charge in [-0.25, -0.2) is 8.42 Å². The van der Waals surface area contributed by atoms with E-state index < -0.39 is 10.0 Å². The Balaban J connectivity index is 1.78. The van der Waals surface area contributed by atoms with Gasteiger partial charge in [0.2, 0.25) is 10.0 Å². The van der Waals surface area contributed by atoms with Gasteiger partial charge in [0.25, 0.3) is 5.91 Å². The molecule has 2 fully saturated rings. The predicted molar refractivity (Wildman–Crippen MR) is 111 cm³/mol. The Labute approximate surface area is 173 Å². The van der Waals surface area contributed by atoms with E-state index in [9.17, 15) is 13.2 Å². The lowest BCUT2D eigenvalue weighted by atomic mass is 9.86. The topological polar surface area (TPSA) is 69.7 Å². The van der Waals surface area contributed by atoms with E-state index in [2.05, 4.69) is 24.1 Å². The quantitative estimate of drug-likeness (QED) is 0.784. The summed E-state index contributed by atoms with van der Waals surface area (Å²) in [6.45, 7) is 7.48. The van der Waals surface area contributed by atoms with Crippen molar-refractivity contribution in [1.82, 2.24) is 14.5 Å². The van der Waals surface area contributed by atoms with E-state index in [-0.39, 0.29) is 27.4 Å². The summed E-state index contributed by atoms with van der Waals surface area (Å²) in [4.78, 5) is 15.2. The normalized spacial score (nSPS) is 24.8. The fourth-order valence-corrected chi connectivity index (χ4v) is 5.70. The lowest BCUT2D eigenvalue weighted by Gasteiger charge is -2.33. The van der Waals surface area contributed by atoms with Crippen LogP contribution in [0.1, 0.15) is 49.9 Å². The summed E-state index contributed by atoms with van der Waals surface area (Å²) >= 11 is 6.24. The van der Waals surface area contributed by atoms with Crippen LogP contribution in [0.2, 0.25) is 5.02 Å². The number of likely N-dealkylation sites (N-methyl/N-ethyl adjacent to an activating group) is 1. The van der Waals surface area contributed by atoms with Crippen LogP contribution in [0.3, 0.4) is 0 Å². The van der Waals surface area contributed by atoms with E-state index in [0.29, 0.717) is 19.0 Å². The summed E-state index contributed by atoms with van der Waals surface area (Å²) in [6.07, 6.45) is 4.33. The van der Waals surface area contributed by atoms with Crippen molar-refractivity contribution in [2.75, 3.05) is 32.7 Å². The summed E-state index contributed by atoms with van der Waals surface area (Å²) in [5, 5.41) is 3.33. The molecule has 0 radical (unpaired) electrons. The molecule has 0 aromatic heterocycles. The molecule has 28 heavy (non-hydrogen) atoms. The Morgan fingerprint density at radius 2 is 1.86 bits per heavy atom. The average molecular weight is 428 g/mol. The highest BCUT2D eigenvalue weighted by Gasteiger charge is 2.30. The zero-order valence-corrected chi connectivity index (χ0v) is 18.2. The number of nitrogens with zero attached hydrogens (tertiary/aromatic N) is 2. The molecule has 156 valence electrons. The smallest absolute Gasteiger partial charge is 0.253 e. The van der Waals surface area contributed by atoms with Gasteiger partial charge in [-0.3, -0.25) is 4.79 Å².